The molecule has 0 atom stereocenters. The predicted molar refractivity (Wildman–Crippen MR) is 54.8 cm³/mol. The molecule has 3 heteroatoms. The highest BCUT2D eigenvalue weighted by atomic mass is 32.1. The second-order valence-electron chi connectivity index (χ2n) is 3.65. The van der Waals surface area contributed by atoms with Gasteiger partial charge in [-0.3, -0.25) is 4.99 Å². The molecule has 0 bridgehead atoms. The number of thiophene rings is 1. The Balaban J connectivity index is 2.85. The maximum atomic E-state index is 5.79. The van der Waals surface area contributed by atoms with Crippen LogP contribution in [-0.2, 0) is 0 Å². The molecule has 0 amide bonds. The third-order valence-electron chi connectivity index (χ3n) is 1.23. The molecular formula is C9H14N2S. The van der Waals surface area contributed by atoms with Gasteiger partial charge < -0.3 is 5.73 Å². The lowest BCUT2D eigenvalue weighted by Gasteiger charge is -2.12. The summed E-state index contributed by atoms with van der Waals surface area (Å²) in [6.45, 7) is 6.11. The number of hydrogen-bond acceptors (Lipinski definition) is 2. The van der Waals surface area contributed by atoms with Crippen molar-refractivity contribution >= 4 is 17.2 Å². The monoisotopic (exact) mass is 182 g/mol. The van der Waals surface area contributed by atoms with Crippen molar-refractivity contribution in [1.29, 1.82) is 0 Å². The first kappa shape index (κ1) is 9.26. The van der Waals surface area contributed by atoms with Crippen LogP contribution in [0.2, 0.25) is 0 Å². The van der Waals surface area contributed by atoms with E-state index in [2.05, 4.69) is 4.99 Å². The van der Waals surface area contributed by atoms with Gasteiger partial charge in [0.2, 0.25) is 0 Å². The van der Waals surface area contributed by atoms with Crippen LogP contribution in [0.15, 0.2) is 22.5 Å². The van der Waals surface area contributed by atoms with Gasteiger partial charge in [0, 0.05) is 0 Å². The molecule has 0 saturated heterocycles. The van der Waals surface area contributed by atoms with Crippen molar-refractivity contribution in [2.24, 2.45) is 10.7 Å². The van der Waals surface area contributed by atoms with Crippen molar-refractivity contribution in [2.75, 3.05) is 0 Å². The maximum absolute atomic E-state index is 5.79. The van der Waals surface area contributed by atoms with Gasteiger partial charge >= 0.3 is 0 Å². The van der Waals surface area contributed by atoms with Crippen LogP contribution in [0.1, 0.15) is 25.6 Å². The zero-order valence-corrected chi connectivity index (χ0v) is 8.48. The van der Waals surface area contributed by atoms with E-state index in [0.717, 1.165) is 4.88 Å². The van der Waals surface area contributed by atoms with Crippen LogP contribution in [0, 0.1) is 0 Å². The SMILES string of the molecule is CC(C)(C)N=C(N)c1cccs1. The van der Waals surface area contributed by atoms with E-state index >= 15 is 0 Å². The van der Waals surface area contributed by atoms with Crippen molar-refractivity contribution in [3.8, 4) is 0 Å². The van der Waals surface area contributed by atoms with E-state index in [4.69, 9.17) is 5.73 Å². The highest BCUT2D eigenvalue weighted by Crippen LogP contribution is 2.12. The van der Waals surface area contributed by atoms with Crippen LogP contribution in [0.4, 0.5) is 0 Å². The Hall–Kier alpha value is -0.830. The van der Waals surface area contributed by atoms with Crippen LogP contribution in [0.25, 0.3) is 0 Å². The van der Waals surface area contributed by atoms with Gasteiger partial charge in [0.25, 0.3) is 0 Å². The van der Waals surface area contributed by atoms with Gasteiger partial charge in [0.05, 0.1) is 10.4 Å². The highest BCUT2D eigenvalue weighted by Gasteiger charge is 2.09. The molecule has 0 saturated carbocycles. The van der Waals surface area contributed by atoms with Gasteiger partial charge in [0.1, 0.15) is 5.84 Å². The molecule has 0 radical (unpaired) electrons. The second-order valence-corrected chi connectivity index (χ2v) is 4.59. The van der Waals surface area contributed by atoms with Gasteiger partial charge in [-0.05, 0) is 32.2 Å². The summed E-state index contributed by atoms with van der Waals surface area (Å²) in [5, 5.41) is 2.00. The standard InChI is InChI=1S/C9H14N2S/c1-9(2,3)11-8(10)7-5-4-6-12-7/h4-6H,1-3H3,(H2,10,11). The molecule has 0 fully saturated rings. The van der Waals surface area contributed by atoms with Crippen molar-refractivity contribution in [1.82, 2.24) is 0 Å². The lowest BCUT2D eigenvalue weighted by atomic mass is 10.1. The van der Waals surface area contributed by atoms with Gasteiger partial charge in [-0.15, -0.1) is 11.3 Å². The molecule has 12 heavy (non-hydrogen) atoms. The molecule has 66 valence electrons. The van der Waals surface area contributed by atoms with Gasteiger partial charge in [-0.1, -0.05) is 6.07 Å². The lowest BCUT2D eigenvalue weighted by molar-refractivity contribution is 0.583. The van der Waals surface area contributed by atoms with Crippen LogP contribution >= 0.6 is 11.3 Å². The van der Waals surface area contributed by atoms with E-state index in [1.807, 2.05) is 38.3 Å². The quantitative estimate of drug-likeness (QED) is 0.525. The topological polar surface area (TPSA) is 38.4 Å². The van der Waals surface area contributed by atoms with Gasteiger partial charge in [-0.25, -0.2) is 0 Å². The van der Waals surface area contributed by atoms with Gasteiger partial charge in [-0.2, -0.15) is 0 Å². The summed E-state index contributed by atoms with van der Waals surface area (Å²) in [5.41, 5.74) is 5.70. The predicted octanol–water partition coefficient (Wildman–Crippen LogP) is 2.25. The van der Waals surface area contributed by atoms with Crippen LogP contribution in [0.5, 0.6) is 0 Å². The molecule has 0 aliphatic rings. The Morgan fingerprint density at radius 1 is 1.50 bits per heavy atom. The molecule has 0 unspecified atom stereocenters. The summed E-state index contributed by atoms with van der Waals surface area (Å²) in [5.74, 6) is 0.637. The summed E-state index contributed by atoms with van der Waals surface area (Å²) >= 11 is 1.62. The largest absolute Gasteiger partial charge is 0.383 e. The smallest absolute Gasteiger partial charge is 0.136 e. The summed E-state index contributed by atoms with van der Waals surface area (Å²) in [4.78, 5) is 5.40. The minimum Gasteiger partial charge on any atom is -0.383 e. The first-order valence-corrected chi connectivity index (χ1v) is 4.76. The number of hydrogen-bond donors (Lipinski definition) is 1. The number of rotatable bonds is 1. The third kappa shape index (κ3) is 2.66. The Morgan fingerprint density at radius 3 is 2.58 bits per heavy atom. The molecule has 1 aromatic rings. The molecular weight excluding hydrogens is 168 g/mol. The molecule has 0 aliphatic heterocycles. The van der Waals surface area contributed by atoms with Crippen LogP contribution in [-0.4, -0.2) is 11.4 Å². The minimum absolute atomic E-state index is 0.0892. The number of amidine groups is 1. The van der Waals surface area contributed by atoms with Crippen molar-refractivity contribution in [2.45, 2.75) is 26.3 Å². The highest BCUT2D eigenvalue weighted by molar-refractivity contribution is 7.12. The number of nitrogens with zero attached hydrogens (tertiary/aromatic N) is 1. The maximum Gasteiger partial charge on any atom is 0.136 e. The summed E-state index contributed by atoms with van der Waals surface area (Å²) in [6.07, 6.45) is 0. The fraction of sp³-hybridized carbons (Fsp3) is 0.444. The van der Waals surface area contributed by atoms with Crippen LogP contribution in [0.3, 0.4) is 0 Å². The first-order valence-electron chi connectivity index (χ1n) is 3.88. The minimum atomic E-state index is -0.0892. The molecule has 1 heterocycles. The third-order valence-corrected chi connectivity index (χ3v) is 2.12. The van der Waals surface area contributed by atoms with E-state index in [0.29, 0.717) is 5.84 Å². The average Bonchev–Trinajstić information content (AvgIpc) is 2.32. The van der Waals surface area contributed by atoms with E-state index in [-0.39, 0.29) is 5.54 Å². The van der Waals surface area contributed by atoms with Crippen molar-refractivity contribution in [3.05, 3.63) is 22.4 Å². The molecule has 2 N–H and O–H groups in total. The van der Waals surface area contributed by atoms with Crippen molar-refractivity contribution < 1.29 is 0 Å². The molecule has 1 rings (SSSR count). The second kappa shape index (κ2) is 3.27. The number of nitrogens with two attached hydrogens (primary N) is 1. The zero-order valence-electron chi connectivity index (χ0n) is 7.66. The van der Waals surface area contributed by atoms with Crippen LogP contribution < -0.4 is 5.73 Å². The lowest BCUT2D eigenvalue weighted by Crippen LogP contribution is -2.20. The fourth-order valence-electron chi connectivity index (χ4n) is 0.841. The summed E-state index contributed by atoms with van der Waals surface area (Å²) in [6, 6.07) is 3.96. The van der Waals surface area contributed by atoms with E-state index in [1.54, 1.807) is 11.3 Å². The average molecular weight is 182 g/mol. The van der Waals surface area contributed by atoms with E-state index in [9.17, 15) is 0 Å². The Morgan fingerprint density at radius 2 is 2.17 bits per heavy atom. The first-order chi connectivity index (χ1) is 5.49. The van der Waals surface area contributed by atoms with E-state index < -0.39 is 0 Å². The van der Waals surface area contributed by atoms with E-state index in [1.165, 1.54) is 0 Å². The summed E-state index contributed by atoms with van der Waals surface area (Å²) in [7, 11) is 0. The number of aliphatic imine (C=N–C) groups is 1. The Labute approximate surface area is 77.1 Å². The molecule has 0 aliphatic carbocycles. The fourth-order valence-corrected chi connectivity index (χ4v) is 1.47. The van der Waals surface area contributed by atoms with Gasteiger partial charge in [0.15, 0.2) is 0 Å². The summed E-state index contributed by atoms with van der Waals surface area (Å²) < 4.78 is 0. The Bertz CT molecular complexity index is 267. The molecule has 1 aromatic heterocycles. The zero-order chi connectivity index (χ0) is 9.19. The Kier molecular flexibility index (Phi) is 2.52. The molecule has 0 aromatic carbocycles. The normalized spacial score (nSPS) is 13.4. The van der Waals surface area contributed by atoms with Crippen molar-refractivity contribution in [3.63, 3.8) is 0 Å². The molecule has 2 nitrogen and oxygen atoms in total. The molecule has 0 spiro atoms.